The second kappa shape index (κ2) is 6.08. The molecular weight excluding hydrogens is 360 g/mol. The fourth-order valence-corrected chi connectivity index (χ4v) is 2.92. The molecule has 0 saturated carbocycles. The predicted molar refractivity (Wildman–Crippen MR) is 94.1 cm³/mol. The molecule has 2 aromatic carbocycles. The molecule has 0 aliphatic heterocycles. The Bertz CT molecular complexity index is 1150. The van der Waals surface area contributed by atoms with Crippen molar-refractivity contribution in [2.45, 2.75) is 6.18 Å². The fraction of sp³-hybridized carbons (Fsp3) is 0.0526. The molecule has 0 radical (unpaired) electrons. The number of fused-ring (bicyclic) bond motifs is 1. The molecule has 0 spiro atoms. The molecular formula is C19H12F4N4. The van der Waals surface area contributed by atoms with Crippen LogP contribution in [0.25, 0.3) is 33.4 Å². The Morgan fingerprint density at radius 2 is 1.70 bits per heavy atom. The van der Waals surface area contributed by atoms with Crippen LogP contribution in [0, 0.1) is 5.82 Å². The number of nitrogens with zero attached hydrogens (tertiary/aromatic N) is 2. The van der Waals surface area contributed by atoms with Gasteiger partial charge in [0.15, 0.2) is 0 Å². The van der Waals surface area contributed by atoms with Crippen LogP contribution in [-0.2, 0) is 6.18 Å². The molecule has 4 aromatic rings. The van der Waals surface area contributed by atoms with Crippen LogP contribution in [0.1, 0.15) is 5.56 Å². The Hall–Kier alpha value is -3.42. The van der Waals surface area contributed by atoms with Gasteiger partial charge in [-0.05, 0) is 36.4 Å². The lowest BCUT2D eigenvalue weighted by Crippen LogP contribution is -2.06. The van der Waals surface area contributed by atoms with Crippen molar-refractivity contribution in [2.75, 3.05) is 5.73 Å². The van der Waals surface area contributed by atoms with Crippen LogP contribution in [0.15, 0.2) is 55.0 Å². The Morgan fingerprint density at radius 3 is 2.44 bits per heavy atom. The largest absolute Gasteiger partial charge is 0.416 e. The van der Waals surface area contributed by atoms with Gasteiger partial charge in [0.2, 0.25) is 0 Å². The van der Waals surface area contributed by atoms with Crippen molar-refractivity contribution >= 4 is 16.6 Å². The summed E-state index contributed by atoms with van der Waals surface area (Å²) in [5.41, 5.74) is 7.07. The van der Waals surface area contributed by atoms with Gasteiger partial charge in [-0.3, -0.25) is 0 Å². The Labute approximate surface area is 150 Å². The summed E-state index contributed by atoms with van der Waals surface area (Å²) < 4.78 is 52.6. The van der Waals surface area contributed by atoms with E-state index in [9.17, 15) is 17.6 Å². The van der Waals surface area contributed by atoms with Crippen molar-refractivity contribution in [1.29, 1.82) is 0 Å². The number of hydrogen-bond donors (Lipinski definition) is 2. The maximum Gasteiger partial charge on any atom is 0.416 e. The maximum atomic E-state index is 14.3. The fourth-order valence-electron chi connectivity index (χ4n) is 2.92. The SMILES string of the molecule is Nc1c(-c2ccc3[nH]ccc3c2)ncnc1-c1ccc(C(F)(F)F)cc1F. The Balaban J connectivity index is 1.83. The summed E-state index contributed by atoms with van der Waals surface area (Å²) in [5, 5.41) is 0.938. The number of aromatic nitrogens is 3. The van der Waals surface area contributed by atoms with Crippen LogP contribution in [0.3, 0.4) is 0 Å². The number of H-pyrrole nitrogens is 1. The highest BCUT2D eigenvalue weighted by molar-refractivity contribution is 5.89. The van der Waals surface area contributed by atoms with E-state index >= 15 is 0 Å². The van der Waals surface area contributed by atoms with Crippen molar-refractivity contribution < 1.29 is 17.6 Å². The lowest BCUT2D eigenvalue weighted by Gasteiger charge is -2.12. The average molecular weight is 372 g/mol. The monoisotopic (exact) mass is 372 g/mol. The Morgan fingerprint density at radius 1 is 0.926 bits per heavy atom. The number of alkyl halides is 3. The van der Waals surface area contributed by atoms with E-state index in [1.54, 1.807) is 12.3 Å². The smallest absolute Gasteiger partial charge is 0.395 e. The molecule has 0 aliphatic carbocycles. The second-order valence-electron chi connectivity index (χ2n) is 5.96. The summed E-state index contributed by atoms with van der Waals surface area (Å²) in [6.45, 7) is 0. The van der Waals surface area contributed by atoms with Crippen LogP contribution < -0.4 is 5.73 Å². The zero-order chi connectivity index (χ0) is 19.2. The van der Waals surface area contributed by atoms with Crippen molar-refractivity contribution in [1.82, 2.24) is 15.0 Å². The molecule has 0 fully saturated rings. The van der Waals surface area contributed by atoms with E-state index in [2.05, 4.69) is 15.0 Å². The van der Waals surface area contributed by atoms with E-state index < -0.39 is 17.6 Å². The lowest BCUT2D eigenvalue weighted by molar-refractivity contribution is -0.137. The van der Waals surface area contributed by atoms with E-state index in [4.69, 9.17) is 5.73 Å². The summed E-state index contributed by atoms with van der Waals surface area (Å²) in [6, 6.07) is 9.64. The quantitative estimate of drug-likeness (QED) is 0.485. The second-order valence-corrected chi connectivity index (χ2v) is 5.96. The number of halogens is 4. The first-order valence-corrected chi connectivity index (χ1v) is 7.89. The third kappa shape index (κ3) is 2.99. The zero-order valence-corrected chi connectivity index (χ0v) is 13.7. The highest BCUT2D eigenvalue weighted by Crippen LogP contribution is 2.36. The van der Waals surface area contributed by atoms with Crippen LogP contribution in [0.4, 0.5) is 23.2 Å². The molecule has 8 heteroatoms. The molecule has 136 valence electrons. The average Bonchev–Trinajstić information content (AvgIpc) is 3.09. The van der Waals surface area contributed by atoms with Gasteiger partial charge in [-0.25, -0.2) is 14.4 Å². The van der Waals surface area contributed by atoms with Crippen molar-refractivity contribution in [3.63, 3.8) is 0 Å². The first-order chi connectivity index (χ1) is 12.8. The molecule has 2 heterocycles. The number of nitrogens with two attached hydrogens (primary N) is 1. The van der Waals surface area contributed by atoms with Gasteiger partial charge in [0.25, 0.3) is 0 Å². The number of hydrogen-bond acceptors (Lipinski definition) is 3. The van der Waals surface area contributed by atoms with Crippen molar-refractivity contribution in [3.8, 4) is 22.5 Å². The topological polar surface area (TPSA) is 67.6 Å². The summed E-state index contributed by atoms with van der Waals surface area (Å²) >= 11 is 0. The van der Waals surface area contributed by atoms with Crippen molar-refractivity contribution in [3.05, 3.63) is 66.4 Å². The number of nitrogen functional groups attached to an aromatic ring is 1. The molecule has 0 saturated heterocycles. The molecule has 0 atom stereocenters. The molecule has 2 aromatic heterocycles. The van der Waals surface area contributed by atoms with E-state index in [0.717, 1.165) is 23.0 Å². The molecule has 0 bridgehead atoms. The van der Waals surface area contributed by atoms with Crippen LogP contribution in [-0.4, -0.2) is 15.0 Å². The van der Waals surface area contributed by atoms with Gasteiger partial charge in [-0.15, -0.1) is 0 Å². The third-order valence-electron chi connectivity index (χ3n) is 4.26. The number of benzene rings is 2. The first kappa shape index (κ1) is 17.0. The van der Waals surface area contributed by atoms with Gasteiger partial charge in [-0.1, -0.05) is 6.07 Å². The highest BCUT2D eigenvalue weighted by Gasteiger charge is 2.31. The van der Waals surface area contributed by atoms with E-state index in [1.165, 1.54) is 6.33 Å². The Kier molecular flexibility index (Phi) is 3.83. The van der Waals surface area contributed by atoms with Gasteiger partial charge in [0, 0.05) is 28.2 Å². The van der Waals surface area contributed by atoms with E-state index in [-0.39, 0.29) is 16.9 Å². The number of aromatic amines is 1. The molecule has 0 amide bonds. The molecule has 27 heavy (non-hydrogen) atoms. The minimum atomic E-state index is -4.63. The van der Waals surface area contributed by atoms with Gasteiger partial charge in [0.05, 0.1) is 16.9 Å². The number of anilines is 1. The highest BCUT2D eigenvalue weighted by atomic mass is 19.4. The molecule has 4 nitrogen and oxygen atoms in total. The third-order valence-corrected chi connectivity index (χ3v) is 4.26. The summed E-state index contributed by atoms with van der Waals surface area (Å²) in [7, 11) is 0. The normalized spacial score (nSPS) is 11.9. The van der Waals surface area contributed by atoms with Gasteiger partial charge < -0.3 is 10.7 Å². The lowest BCUT2D eigenvalue weighted by atomic mass is 10.0. The van der Waals surface area contributed by atoms with Gasteiger partial charge in [0.1, 0.15) is 17.8 Å². The number of rotatable bonds is 2. The molecule has 0 aliphatic rings. The summed E-state index contributed by atoms with van der Waals surface area (Å²) in [4.78, 5) is 11.2. The van der Waals surface area contributed by atoms with Gasteiger partial charge in [-0.2, -0.15) is 13.2 Å². The van der Waals surface area contributed by atoms with Crippen LogP contribution >= 0.6 is 0 Å². The number of nitrogens with one attached hydrogen (secondary N) is 1. The van der Waals surface area contributed by atoms with Crippen molar-refractivity contribution in [2.24, 2.45) is 0 Å². The van der Waals surface area contributed by atoms with E-state index in [1.807, 2.05) is 18.2 Å². The molecule has 0 unspecified atom stereocenters. The first-order valence-electron chi connectivity index (χ1n) is 7.89. The molecule has 3 N–H and O–H groups in total. The predicted octanol–water partition coefficient (Wildman–Crippen LogP) is 5.03. The minimum absolute atomic E-state index is 0.0420. The van der Waals surface area contributed by atoms with Gasteiger partial charge >= 0.3 is 6.18 Å². The standard InChI is InChI=1S/C19H12F4N4/c20-14-8-12(19(21,22)23)2-3-13(14)18-16(24)17(26-9-27-18)11-1-4-15-10(7-11)5-6-25-15/h1-9,25H,24H2. The zero-order valence-electron chi connectivity index (χ0n) is 13.7. The maximum absolute atomic E-state index is 14.3. The summed E-state index contributed by atoms with van der Waals surface area (Å²) in [6.07, 6.45) is -1.63. The summed E-state index contributed by atoms with van der Waals surface area (Å²) in [5.74, 6) is -1.05. The van der Waals surface area contributed by atoms with E-state index in [0.29, 0.717) is 17.3 Å². The van der Waals surface area contributed by atoms with Crippen LogP contribution in [0.5, 0.6) is 0 Å². The minimum Gasteiger partial charge on any atom is -0.395 e. The molecule has 4 rings (SSSR count). The van der Waals surface area contributed by atoms with Crippen LogP contribution in [0.2, 0.25) is 0 Å².